The van der Waals surface area contributed by atoms with Crippen LogP contribution in [-0.4, -0.2) is 27.3 Å². The SMILES string of the molecule is O=C(CCc1nc2ccccc2[nH]c1=O)N1CCCCC[C@@H]1c1ccco1. The Morgan fingerprint density at radius 1 is 1.19 bits per heavy atom. The van der Waals surface area contributed by atoms with Gasteiger partial charge in [0, 0.05) is 19.4 Å². The average Bonchev–Trinajstić information content (AvgIpc) is 3.10. The molecule has 6 heteroatoms. The quantitative estimate of drug-likeness (QED) is 0.766. The number of hydrogen-bond donors (Lipinski definition) is 1. The summed E-state index contributed by atoms with van der Waals surface area (Å²) in [5.41, 5.74) is 1.64. The predicted octanol–water partition coefficient (Wildman–Crippen LogP) is 3.59. The molecule has 140 valence electrons. The first kappa shape index (κ1) is 17.5. The van der Waals surface area contributed by atoms with Gasteiger partial charge in [-0.1, -0.05) is 25.0 Å². The molecule has 6 nitrogen and oxygen atoms in total. The van der Waals surface area contributed by atoms with E-state index in [1.54, 1.807) is 6.26 Å². The number of para-hydroxylation sites is 2. The molecule has 0 saturated carbocycles. The maximum absolute atomic E-state index is 12.9. The molecule has 0 bridgehead atoms. The van der Waals surface area contributed by atoms with E-state index in [1.807, 2.05) is 41.3 Å². The third-order valence-corrected chi connectivity index (χ3v) is 5.19. The number of carbonyl (C=O) groups is 1. The van der Waals surface area contributed by atoms with Crippen LogP contribution in [0.3, 0.4) is 0 Å². The zero-order valence-corrected chi connectivity index (χ0v) is 15.2. The van der Waals surface area contributed by atoms with Crippen LogP contribution in [-0.2, 0) is 11.2 Å². The number of benzene rings is 1. The highest BCUT2D eigenvalue weighted by atomic mass is 16.3. The molecule has 2 aromatic heterocycles. The van der Waals surface area contributed by atoms with Crippen LogP contribution in [0.25, 0.3) is 11.0 Å². The van der Waals surface area contributed by atoms with E-state index in [0.717, 1.165) is 43.5 Å². The molecule has 1 N–H and O–H groups in total. The summed E-state index contributed by atoms with van der Waals surface area (Å²) in [6, 6.07) is 11.2. The van der Waals surface area contributed by atoms with Gasteiger partial charge in [0.2, 0.25) is 5.91 Å². The Hall–Kier alpha value is -2.89. The van der Waals surface area contributed by atoms with Crippen molar-refractivity contribution < 1.29 is 9.21 Å². The summed E-state index contributed by atoms with van der Waals surface area (Å²) < 4.78 is 5.58. The molecule has 0 unspecified atom stereocenters. The van der Waals surface area contributed by atoms with Gasteiger partial charge in [0.05, 0.1) is 23.3 Å². The van der Waals surface area contributed by atoms with E-state index in [0.29, 0.717) is 17.6 Å². The molecule has 4 rings (SSSR count). The third-order valence-electron chi connectivity index (χ3n) is 5.19. The van der Waals surface area contributed by atoms with Crippen LogP contribution in [0, 0.1) is 0 Å². The number of rotatable bonds is 4. The van der Waals surface area contributed by atoms with Crippen molar-refractivity contribution in [2.24, 2.45) is 0 Å². The van der Waals surface area contributed by atoms with Crippen LogP contribution in [0.5, 0.6) is 0 Å². The van der Waals surface area contributed by atoms with E-state index >= 15 is 0 Å². The minimum Gasteiger partial charge on any atom is -0.467 e. The van der Waals surface area contributed by atoms with Crippen molar-refractivity contribution in [3.63, 3.8) is 0 Å². The fraction of sp³-hybridized carbons (Fsp3) is 0.381. The Balaban J connectivity index is 1.51. The number of carbonyl (C=O) groups excluding carboxylic acids is 1. The maximum atomic E-state index is 12.9. The van der Waals surface area contributed by atoms with Gasteiger partial charge in [-0.25, -0.2) is 4.98 Å². The lowest BCUT2D eigenvalue weighted by Crippen LogP contribution is -2.35. The van der Waals surface area contributed by atoms with E-state index in [-0.39, 0.29) is 23.9 Å². The standard InChI is InChI=1S/C21H23N3O3/c25-20(24-13-5-1-2-9-18(24)19-10-6-14-27-19)12-11-17-21(26)23-16-8-4-3-7-15(16)22-17/h3-4,6-8,10,14,18H,1-2,5,9,11-13H2,(H,23,26)/t18-/m1/s1. The highest BCUT2D eigenvalue weighted by Gasteiger charge is 2.28. The van der Waals surface area contributed by atoms with Gasteiger partial charge >= 0.3 is 0 Å². The predicted molar refractivity (Wildman–Crippen MR) is 102 cm³/mol. The molecule has 3 heterocycles. The second kappa shape index (κ2) is 7.78. The van der Waals surface area contributed by atoms with Gasteiger partial charge in [0.15, 0.2) is 0 Å². The zero-order valence-electron chi connectivity index (χ0n) is 15.2. The zero-order chi connectivity index (χ0) is 18.6. The summed E-state index contributed by atoms with van der Waals surface area (Å²) in [7, 11) is 0. The number of hydrogen-bond acceptors (Lipinski definition) is 4. The van der Waals surface area contributed by atoms with Crippen LogP contribution < -0.4 is 5.56 Å². The van der Waals surface area contributed by atoms with Gasteiger partial charge in [-0.3, -0.25) is 9.59 Å². The number of H-pyrrole nitrogens is 1. The summed E-state index contributed by atoms with van der Waals surface area (Å²) in [4.78, 5) is 34.4. The molecule has 3 aromatic rings. The first-order valence-corrected chi connectivity index (χ1v) is 9.53. The summed E-state index contributed by atoms with van der Waals surface area (Å²) >= 11 is 0. The summed E-state index contributed by atoms with van der Waals surface area (Å²) in [5, 5.41) is 0. The molecule has 1 fully saturated rings. The largest absolute Gasteiger partial charge is 0.467 e. The molecule has 1 amide bonds. The summed E-state index contributed by atoms with van der Waals surface area (Å²) in [5.74, 6) is 0.889. The Bertz CT molecular complexity index is 978. The Kier molecular flexibility index (Phi) is 5.05. The molecule has 1 aliphatic heterocycles. The summed E-state index contributed by atoms with van der Waals surface area (Å²) in [6.45, 7) is 0.728. The van der Waals surface area contributed by atoms with Gasteiger partial charge in [-0.15, -0.1) is 0 Å². The van der Waals surface area contributed by atoms with Crippen LogP contribution in [0.4, 0.5) is 0 Å². The van der Waals surface area contributed by atoms with Gasteiger partial charge in [-0.05, 0) is 37.1 Å². The Morgan fingerprint density at radius 3 is 2.93 bits per heavy atom. The first-order valence-electron chi connectivity index (χ1n) is 9.53. The Labute approximate surface area is 157 Å². The summed E-state index contributed by atoms with van der Waals surface area (Å²) in [6.07, 6.45) is 6.37. The maximum Gasteiger partial charge on any atom is 0.270 e. The molecule has 0 spiro atoms. The van der Waals surface area contributed by atoms with Gasteiger partial charge < -0.3 is 14.3 Å². The molecule has 27 heavy (non-hydrogen) atoms. The van der Waals surface area contributed by atoms with Gasteiger partial charge in [0.25, 0.3) is 5.56 Å². The van der Waals surface area contributed by atoms with E-state index < -0.39 is 0 Å². The minimum absolute atomic E-state index is 0.0159. The molecular weight excluding hydrogens is 342 g/mol. The minimum atomic E-state index is -0.222. The highest BCUT2D eigenvalue weighted by molar-refractivity contribution is 5.77. The van der Waals surface area contributed by atoms with Crippen molar-refractivity contribution in [1.82, 2.24) is 14.9 Å². The van der Waals surface area contributed by atoms with Crippen LogP contribution in [0.1, 0.15) is 49.6 Å². The number of amides is 1. The second-order valence-corrected chi connectivity index (χ2v) is 7.00. The Morgan fingerprint density at radius 2 is 2.07 bits per heavy atom. The number of aryl methyl sites for hydroxylation is 1. The fourth-order valence-corrected chi connectivity index (χ4v) is 3.79. The van der Waals surface area contributed by atoms with Crippen molar-refractivity contribution in [3.8, 4) is 0 Å². The van der Waals surface area contributed by atoms with E-state index in [4.69, 9.17) is 4.42 Å². The fourth-order valence-electron chi connectivity index (χ4n) is 3.79. The number of aromatic amines is 1. The number of nitrogens with zero attached hydrogens (tertiary/aromatic N) is 2. The molecular formula is C21H23N3O3. The van der Waals surface area contributed by atoms with Crippen molar-refractivity contribution in [1.29, 1.82) is 0 Å². The van der Waals surface area contributed by atoms with Gasteiger partial charge in [-0.2, -0.15) is 0 Å². The molecule has 1 atom stereocenters. The monoisotopic (exact) mass is 365 g/mol. The van der Waals surface area contributed by atoms with E-state index in [9.17, 15) is 9.59 Å². The third kappa shape index (κ3) is 3.79. The lowest BCUT2D eigenvalue weighted by atomic mass is 10.1. The smallest absolute Gasteiger partial charge is 0.270 e. The lowest BCUT2D eigenvalue weighted by molar-refractivity contribution is -0.134. The second-order valence-electron chi connectivity index (χ2n) is 7.00. The number of furan rings is 1. The van der Waals surface area contributed by atoms with Crippen molar-refractivity contribution in [3.05, 3.63) is 64.5 Å². The first-order chi connectivity index (χ1) is 13.2. The van der Waals surface area contributed by atoms with Crippen molar-refractivity contribution in [2.45, 2.75) is 44.6 Å². The normalized spacial score (nSPS) is 17.8. The molecule has 0 aliphatic carbocycles. The van der Waals surface area contributed by atoms with Crippen molar-refractivity contribution in [2.75, 3.05) is 6.54 Å². The average molecular weight is 365 g/mol. The van der Waals surface area contributed by atoms with E-state index in [2.05, 4.69) is 9.97 Å². The van der Waals surface area contributed by atoms with E-state index in [1.165, 1.54) is 0 Å². The van der Waals surface area contributed by atoms with Crippen LogP contribution in [0.2, 0.25) is 0 Å². The topological polar surface area (TPSA) is 79.2 Å². The van der Waals surface area contributed by atoms with Crippen LogP contribution in [0.15, 0.2) is 51.9 Å². The lowest BCUT2D eigenvalue weighted by Gasteiger charge is -2.28. The number of fused-ring (bicyclic) bond motifs is 1. The molecule has 1 saturated heterocycles. The highest BCUT2D eigenvalue weighted by Crippen LogP contribution is 2.31. The van der Waals surface area contributed by atoms with Gasteiger partial charge in [0.1, 0.15) is 11.5 Å². The van der Waals surface area contributed by atoms with Crippen LogP contribution >= 0.6 is 0 Å². The number of aromatic nitrogens is 2. The molecule has 0 radical (unpaired) electrons. The number of likely N-dealkylation sites (tertiary alicyclic amines) is 1. The molecule has 1 aliphatic rings. The molecule has 1 aromatic carbocycles. The van der Waals surface area contributed by atoms with Crippen molar-refractivity contribution >= 4 is 16.9 Å². The number of nitrogens with one attached hydrogen (secondary N) is 1.